The quantitative estimate of drug-likeness (QED) is 0.624. The van der Waals surface area contributed by atoms with Gasteiger partial charge in [0.05, 0.1) is 0 Å². The monoisotopic (exact) mass is 309 g/mol. The zero-order valence-electron chi connectivity index (χ0n) is 4.28. The molecule has 0 aromatic rings. The Bertz CT molecular complexity index is 8.49. The Labute approximate surface area is 64.1 Å². The molecule has 0 spiro atoms. The van der Waals surface area contributed by atoms with Gasteiger partial charge in [-0.25, -0.2) is 0 Å². The molecule has 0 saturated carbocycles. The van der Waals surface area contributed by atoms with Crippen LogP contribution in [-0.2, 0) is 21.1 Å². The molecule has 0 amide bonds. The SMILES string of the molecule is O.[NH2-].[NH2-].[NH2-].[NH2-].[NH2-].[NH2-].[Pt]. The minimum absolute atomic E-state index is 0. The fraction of sp³-hybridized carbons (Fsp3) is 0. The molecule has 0 aliphatic carbocycles. The van der Waals surface area contributed by atoms with E-state index in [1.54, 1.807) is 0 Å². The topological polar surface area (TPSA) is 232 Å². The summed E-state index contributed by atoms with van der Waals surface area (Å²) in [6.45, 7) is 0. The van der Waals surface area contributed by atoms with Gasteiger partial charge in [0, 0.05) is 21.1 Å². The van der Waals surface area contributed by atoms with Crippen molar-refractivity contribution >= 4 is 0 Å². The molecule has 0 saturated heterocycles. The van der Waals surface area contributed by atoms with Gasteiger partial charge in [-0.1, -0.05) is 0 Å². The first kappa shape index (κ1) is 2770. The fourth-order valence-electron chi connectivity index (χ4n) is 0. The van der Waals surface area contributed by atoms with Gasteiger partial charge in [0.2, 0.25) is 0 Å². The van der Waals surface area contributed by atoms with Crippen LogP contribution in [-0.4, -0.2) is 5.48 Å². The second kappa shape index (κ2) is 1820. The molecule has 0 atom stereocenters. The second-order valence-corrected chi connectivity index (χ2v) is 0. The Balaban J connectivity index is 0. The molecule has 8 heavy (non-hydrogen) atoms. The molecule has 0 aromatic carbocycles. The summed E-state index contributed by atoms with van der Waals surface area (Å²) >= 11 is 0. The van der Waals surface area contributed by atoms with Crippen molar-refractivity contribution in [3.05, 3.63) is 36.9 Å². The van der Waals surface area contributed by atoms with Gasteiger partial charge in [-0.15, -0.1) is 0 Å². The van der Waals surface area contributed by atoms with Gasteiger partial charge in [-0.05, 0) is 0 Å². The summed E-state index contributed by atoms with van der Waals surface area (Å²) in [6, 6.07) is 0. The maximum Gasteiger partial charge on any atom is 0 e. The molecule has 7 nitrogen and oxygen atoms in total. The van der Waals surface area contributed by atoms with Crippen molar-refractivity contribution in [3.8, 4) is 0 Å². The van der Waals surface area contributed by atoms with E-state index in [1.165, 1.54) is 0 Å². The van der Waals surface area contributed by atoms with Crippen LogP contribution < -0.4 is 0 Å². The first-order valence-electron chi connectivity index (χ1n) is 0. The van der Waals surface area contributed by atoms with Crippen molar-refractivity contribution in [2.45, 2.75) is 0 Å². The predicted octanol–water partition coefficient (Wildman–Crippen LogP) is 3.48. The molecule has 0 bridgehead atoms. The third-order valence-electron chi connectivity index (χ3n) is 0. The van der Waals surface area contributed by atoms with Crippen LogP contribution in [0.25, 0.3) is 36.9 Å². The van der Waals surface area contributed by atoms with Gasteiger partial charge in [-0.3, -0.25) is 0 Å². The molecule has 0 unspecified atom stereocenters. The third kappa shape index (κ3) is 1120. The molecule has 0 heterocycles. The summed E-state index contributed by atoms with van der Waals surface area (Å²) in [7, 11) is 0. The minimum atomic E-state index is 0. The first-order chi connectivity index (χ1) is 0. The zero-order chi connectivity index (χ0) is 0. The number of hydrogen-bond acceptors (Lipinski definition) is 0. The summed E-state index contributed by atoms with van der Waals surface area (Å²) < 4.78 is 0. The summed E-state index contributed by atoms with van der Waals surface area (Å²) in [5.74, 6) is 0. The van der Waals surface area contributed by atoms with E-state index in [9.17, 15) is 0 Å². The van der Waals surface area contributed by atoms with Crippen LogP contribution in [0.5, 0.6) is 0 Å². The smallest absolute Gasteiger partial charge is 0 e. The van der Waals surface area contributed by atoms with Crippen LogP contribution >= 0.6 is 0 Å². The molecule has 14 N–H and O–H groups in total. The molecule has 0 aromatic heterocycles. The van der Waals surface area contributed by atoms with E-state index in [0.717, 1.165) is 0 Å². The van der Waals surface area contributed by atoms with Crippen molar-refractivity contribution < 1.29 is 26.5 Å². The maximum atomic E-state index is 0. The second-order valence-electron chi connectivity index (χ2n) is 0. The molecule has 66 valence electrons. The van der Waals surface area contributed by atoms with E-state index >= 15 is 0 Å². The van der Waals surface area contributed by atoms with Gasteiger partial charge in [0.15, 0.2) is 0 Å². The first-order valence-corrected chi connectivity index (χ1v) is 0. The van der Waals surface area contributed by atoms with Gasteiger partial charge in [0.1, 0.15) is 0 Å². The van der Waals surface area contributed by atoms with Crippen LogP contribution in [0.1, 0.15) is 0 Å². The Kier molecular flexibility index (Phi) is 631000. The molecule has 0 fully saturated rings. The van der Waals surface area contributed by atoms with Gasteiger partial charge < -0.3 is 42.4 Å². The summed E-state index contributed by atoms with van der Waals surface area (Å²) in [4.78, 5) is 0. The zero-order valence-corrected chi connectivity index (χ0v) is 6.55. The third-order valence-corrected chi connectivity index (χ3v) is 0. The van der Waals surface area contributed by atoms with Crippen molar-refractivity contribution in [2.24, 2.45) is 0 Å². The molecule has 0 aliphatic rings. The van der Waals surface area contributed by atoms with Crippen molar-refractivity contribution in [2.75, 3.05) is 0 Å². The van der Waals surface area contributed by atoms with E-state index in [-0.39, 0.29) is 63.4 Å². The number of nitrogens with two attached hydrogens (primary N) is 6. The normalized spacial score (nSPS) is 0. The van der Waals surface area contributed by atoms with Crippen molar-refractivity contribution in [3.63, 3.8) is 0 Å². The molecule has 0 radical (unpaired) electrons. The minimum Gasteiger partial charge on any atom is -0.693 e. The Morgan fingerprint density at radius 2 is 0.375 bits per heavy atom. The van der Waals surface area contributed by atoms with Crippen LogP contribution in [0.2, 0.25) is 0 Å². The molecular formula is H14N6OPt-6. The van der Waals surface area contributed by atoms with Gasteiger partial charge in [-0.2, -0.15) is 0 Å². The summed E-state index contributed by atoms with van der Waals surface area (Å²) in [6.07, 6.45) is 0. The Morgan fingerprint density at radius 1 is 0.375 bits per heavy atom. The van der Waals surface area contributed by atoms with Crippen LogP contribution in [0.3, 0.4) is 0 Å². The number of rotatable bonds is 0. The summed E-state index contributed by atoms with van der Waals surface area (Å²) in [5, 5.41) is 0. The van der Waals surface area contributed by atoms with E-state index < -0.39 is 0 Å². The average Bonchev–Trinajstić information content (AvgIpc) is 0. The summed E-state index contributed by atoms with van der Waals surface area (Å²) in [5.41, 5.74) is 0. The van der Waals surface area contributed by atoms with Crippen molar-refractivity contribution in [1.82, 2.24) is 0 Å². The van der Waals surface area contributed by atoms with Gasteiger partial charge >= 0.3 is 0 Å². The maximum absolute atomic E-state index is 0. The molecule has 0 rings (SSSR count). The standard InChI is InChI=1S/6H2N.H2O.Pt/h7*1H2;/q6*-1;;. The van der Waals surface area contributed by atoms with Gasteiger partial charge in [0.25, 0.3) is 0 Å². The Hall–Kier alpha value is 0.408. The molecule has 0 aliphatic heterocycles. The average molecular weight is 309 g/mol. The van der Waals surface area contributed by atoms with E-state index in [2.05, 4.69) is 0 Å². The van der Waals surface area contributed by atoms with E-state index in [0.29, 0.717) is 0 Å². The van der Waals surface area contributed by atoms with E-state index in [4.69, 9.17) is 0 Å². The Morgan fingerprint density at radius 3 is 0.375 bits per heavy atom. The van der Waals surface area contributed by atoms with E-state index in [1.807, 2.05) is 0 Å². The molecule has 8 heteroatoms. The molecular weight excluding hydrogens is 295 g/mol. The fourth-order valence-corrected chi connectivity index (χ4v) is 0. The predicted molar refractivity (Wildman–Crippen MR) is 35.3 cm³/mol. The van der Waals surface area contributed by atoms with Crippen LogP contribution in [0.4, 0.5) is 0 Å². The largest absolute Gasteiger partial charge is 0.693 e. The number of hydrogen-bond donors (Lipinski definition) is 0. The van der Waals surface area contributed by atoms with Crippen LogP contribution in [0.15, 0.2) is 0 Å². The van der Waals surface area contributed by atoms with Crippen LogP contribution in [0, 0.1) is 0 Å². The van der Waals surface area contributed by atoms with Crippen molar-refractivity contribution in [1.29, 1.82) is 0 Å².